The number of hydrogen-bond donors (Lipinski definition) is 3. The van der Waals surface area contributed by atoms with Crippen molar-refractivity contribution in [2.24, 2.45) is 5.73 Å². The molecule has 2 atom stereocenters. The highest BCUT2D eigenvalue weighted by Crippen LogP contribution is 2.28. The van der Waals surface area contributed by atoms with E-state index in [1.165, 1.54) is 12.0 Å². The van der Waals surface area contributed by atoms with Crippen LogP contribution < -0.4 is 21.1 Å². The number of methoxy groups -OCH3 is 1. The number of pyridine rings is 1. The van der Waals surface area contributed by atoms with E-state index in [2.05, 4.69) is 27.5 Å². The van der Waals surface area contributed by atoms with E-state index in [0.29, 0.717) is 23.4 Å². The Kier molecular flexibility index (Phi) is 5.09. The number of urea groups is 1. The molecular weight excluding hydrogens is 398 g/mol. The van der Waals surface area contributed by atoms with Crippen molar-refractivity contribution in [3.63, 3.8) is 0 Å². The molecule has 9 nitrogen and oxygen atoms in total. The summed E-state index contributed by atoms with van der Waals surface area (Å²) in [4.78, 5) is 43.1. The van der Waals surface area contributed by atoms with E-state index in [9.17, 15) is 14.4 Å². The Morgan fingerprint density at radius 3 is 2.77 bits per heavy atom. The van der Waals surface area contributed by atoms with Crippen LogP contribution in [0.15, 0.2) is 36.7 Å². The molecule has 2 aliphatic heterocycles. The average molecular weight is 419 g/mol. The molecule has 1 unspecified atom stereocenters. The normalized spacial score (nSPS) is 20.5. The van der Waals surface area contributed by atoms with E-state index in [4.69, 9.17) is 10.5 Å². The maximum Gasteiger partial charge on any atom is 0.323 e. The molecular formula is C22H21N5O4. The van der Waals surface area contributed by atoms with E-state index in [1.807, 2.05) is 13.0 Å². The molecule has 4 amide bonds. The molecule has 158 valence electrons. The van der Waals surface area contributed by atoms with Crippen LogP contribution in [-0.4, -0.2) is 46.9 Å². The van der Waals surface area contributed by atoms with Crippen LogP contribution in [-0.2, 0) is 11.3 Å². The number of fused-ring (bicyclic) bond motifs is 1. The minimum Gasteiger partial charge on any atom is -0.497 e. The topological polar surface area (TPSA) is 127 Å². The standard InChI is InChI=1S/C22H21N5O4/c1-13(23)16-7-14(9-24-10-16)5-6-22(20(29)25-21(30)26-22)12-27-11-15-3-4-17(31-2)8-18(15)19(27)28/h3-4,7-10,13H,11-12,23H2,1-2H3,(H2,25,26,29,30)/t13?,22-/m1/s1. The Balaban J connectivity index is 1.65. The van der Waals surface area contributed by atoms with Crippen molar-refractivity contribution in [1.82, 2.24) is 20.5 Å². The summed E-state index contributed by atoms with van der Waals surface area (Å²) in [7, 11) is 1.52. The Morgan fingerprint density at radius 2 is 2.10 bits per heavy atom. The average Bonchev–Trinajstić information content (AvgIpc) is 3.21. The van der Waals surface area contributed by atoms with Crippen LogP contribution in [0.3, 0.4) is 0 Å². The predicted octanol–water partition coefficient (Wildman–Crippen LogP) is 0.696. The third kappa shape index (κ3) is 3.81. The number of carbonyl (C=O) groups is 3. The van der Waals surface area contributed by atoms with Crippen molar-refractivity contribution in [3.05, 3.63) is 58.9 Å². The van der Waals surface area contributed by atoms with Gasteiger partial charge in [0.25, 0.3) is 11.8 Å². The van der Waals surface area contributed by atoms with Crippen molar-refractivity contribution in [2.75, 3.05) is 13.7 Å². The lowest BCUT2D eigenvalue weighted by atomic mass is 9.99. The van der Waals surface area contributed by atoms with E-state index in [0.717, 1.165) is 11.1 Å². The molecule has 0 bridgehead atoms. The van der Waals surface area contributed by atoms with Gasteiger partial charge in [0.2, 0.25) is 5.54 Å². The maximum absolute atomic E-state index is 12.9. The van der Waals surface area contributed by atoms with Crippen molar-refractivity contribution in [2.45, 2.75) is 25.0 Å². The number of carbonyl (C=O) groups excluding carboxylic acids is 3. The van der Waals surface area contributed by atoms with Gasteiger partial charge in [-0.1, -0.05) is 17.9 Å². The smallest absolute Gasteiger partial charge is 0.323 e. The highest BCUT2D eigenvalue weighted by atomic mass is 16.5. The van der Waals surface area contributed by atoms with Gasteiger partial charge < -0.3 is 20.7 Å². The molecule has 9 heteroatoms. The molecule has 4 N–H and O–H groups in total. The van der Waals surface area contributed by atoms with Crippen molar-refractivity contribution >= 4 is 17.8 Å². The lowest BCUT2D eigenvalue weighted by Crippen LogP contribution is -2.54. The molecule has 0 aliphatic carbocycles. The van der Waals surface area contributed by atoms with Gasteiger partial charge in [0.1, 0.15) is 5.75 Å². The first-order valence-electron chi connectivity index (χ1n) is 9.65. The predicted molar refractivity (Wildman–Crippen MR) is 111 cm³/mol. The lowest BCUT2D eigenvalue weighted by molar-refractivity contribution is -0.122. The van der Waals surface area contributed by atoms with Gasteiger partial charge in [-0.3, -0.25) is 19.9 Å². The Morgan fingerprint density at radius 1 is 1.29 bits per heavy atom. The van der Waals surface area contributed by atoms with Gasteiger partial charge >= 0.3 is 6.03 Å². The van der Waals surface area contributed by atoms with Gasteiger partial charge in [0.15, 0.2) is 0 Å². The van der Waals surface area contributed by atoms with E-state index >= 15 is 0 Å². The number of rotatable bonds is 4. The molecule has 1 aromatic carbocycles. The van der Waals surface area contributed by atoms with Crippen LogP contribution in [0, 0.1) is 11.8 Å². The number of nitrogens with zero attached hydrogens (tertiary/aromatic N) is 2. The summed E-state index contributed by atoms with van der Waals surface area (Å²) >= 11 is 0. The zero-order valence-electron chi connectivity index (χ0n) is 17.1. The van der Waals surface area contributed by atoms with Crippen LogP contribution >= 0.6 is 0 Å². The molecule has 0 saturated carbocycles. The number of nitrogens with two attached hydrogens (primary N) is 1. The van der Waals surface area contributed by atoms with Crippen molar-refractivity contribution in [3.8, 4) is 17.6 Å². The summed E-state index contributed by atoms with van der Waals surface area (Å²) in [6.07, 6.45) is 3.19. The second kappa shape index (κ2) is 7.74. The first-order chi connectivity index (χ1) is 14.8. The van der Waals surface area contributed by atoms with Crippen molar-refractivity contribution < 1.29 is 19.1 Å². The van der Waals surface area contributed by atoms with Crippen LogP contribution in [0.25, 0.3) is 0 Å². The minimum atomic E-state index is -1.58. The second-order valence-electron chi connectivity index (χ2n) is 7.54. The van der Waals surface area contributed by atoms with E-state index in [1.54, 1.807) is 30.6 Å². The summed E-state index contributed by atoms with van der Waals surface area (Å²) in [6.45, 7) is 2.02. The zero-order chi connectivity index (χ0) is 22.2. The Bertz CT molecular complexity index is 1150. The fraction of sp³-hybridized carbons (Fsp3) is 0.273. The van der Waals surface area contributed by atoms with Crippen molar-refractivity contribution in [1.29, 1.82) is 0 Å². The monoisotopic (exact) mass is 419 g/mol. The van der Waals surface area contributed by atoms with Crippen LogP contribution in [0.2, 0.25) is 0 Å². The number of ether oxygens (including phenoxy) is 1. The highest BCUT2D eigenvalue weighted by molar-refractivity contribution is 6.10. The number of amides is 4. The highest BCUT2D eigenvalue weighted by Gasteiger charge is 2.48. The number of hydrogen-bond acceptors (Lipinski definition) is 6. The third-order valence-corrected chi connectivity index (χ3v) is 5.27. The summed E-state index contributed by atoms with van der Waals surface area (Å²) in [5.74, 6) is 5.46. The Labute approximate surface area is 179 Å². The lowest BCUT2D eigenvalue weighted by Gasteiger charge is -2.26. The van der Waals surface area contributed by atoms with Gasteiger partial charge in [-0.25, -0.2) is 4.79 Å². The fourth-order valence-corrected chi connectivity index (χ4v) is 3.57. The molecule has 4 rings (SSSR count). The molecule has 31 heavy (non-hydrogen) atoms. The van der Waals surface area contributed by atoms with E-state index < -0.39 is 17.5 Å². The quantitative estimate of drug-likeness (QED) is 0.495. The molecule has 0 radical (unpaired) electrons. The van der Waals surface area contributed by atoms with Gasteiger partial charge in [-0.05, 0) is 36.2 Å². The molecule has 1 saturated heterocycles. The summed E-state index contributed by atoms with van der Waals surface area (Å²) in [5, 5.41) is 4.80. The maximum atomic E-state index is 12.9. The first-order valence-corrected chi connectivity index (χ1v) is 9.65. The number of nitrogens with one attached hydrogen (secondary N) is 2. The van der Waals surface area contributed by atoms with Crippen LogP contribution in [0.5, 0.6) is 5.75 Å². The second-order valence-corrected chi connectivity index (χ2v) is 7.54. The van der Waals surface area contributed by atoms with Gasteiger partial charge in [0.05, 0.1) is 13.7 Å². The molecule has 1 aromatic heterocycles. The zero-order valence-corrected chi connectivity index (χ0v) is 17.1. The molecule has 0 spiro atoms. The third-order valence-electron chi connectivity index (χ3n) is 5.27. The fourth-order valence-electron chi connectivity index (χ4n) is 3.57. The molecule has 2 aromatic rings. The van der Waals surface area contributed by atoms with Gasteiger partial charge in [-0.15, -0.1) is 0 Å². The van der Waals surface area contributed by atoms with Gasteiger partial charge in [0, 0.05) is 36.1 Å². The molecule has 3 heterocycles. The SMILES string of the molecule is COc1ccc2c(c1)C(=O)N(C[C@@]1(C#Cc3cncc(C(C)N)c3)NC(=O)NC1=O)C2. The first kappa shape index (κ1) is 20.4. The van der Waals surface area contributed by atoms with Crippen LogP contribution in [0.4, 0.5) is 4.79 Å². The number of benzene rings is 1. The summed E-state index contributed by atoms with van der Waals surface area (Å²) in [5.41, 5.74) is 6.96. The summed E-state index contributed by atoms with van der Waals surface area (Å²) in [6, 6.07) is 6.13. The number of imide groups is 1. The molecule has 2 aliphatic rings. The summed E-state index contributed by atoms with van der Waals surface area (Å²) < 4.78 is 5.19. The Hall–Kier alpha value is -3.90. The number of aromatic nitrogens is 1. The molecule has 1 fully saturated rings. The van der Waals surface area contributed by atoms with Gasteiger partial charge in [-0.2, -0.15) is 0 Å². The van der Waals surface area contributed by atoms with E-state index in [-0.39, 0.29) is 18.5 Å². The van der Waals surface area contributed by atoms with Crippen LogP contribution in [0.1, 0.15) is 40.0 Å². The largest absolute Gasteiger partial charge is 0.497 e. The minimum absolute atomic E-state index is 0.103.